The van der Waals surface area contributed by atoms with Crippen LogP contribution in [0.15, 0.2) is 48.5 Å². The lowest BCUT2D eigenvalue weighted by Crippen LogP contribution is -2.29. The molecule has 0 unspecified atom stereocenters. The molecule has 1 N–H and O–H groups in total. The minimum Gasteiger partial charge on any atom is -0.321 e. The van der Waals surface area contributed by atoms with Gasteiger partial charge in [0.05, 0.1) is 16.8 Å². The molecule has 0 aliphatic rings. The van der Waals surface area contributed by atoms with Gasteiger partial charge in [0.15, 0.2) is 0 Å². The number of amides is 1. The van der Waals surface area contributed by atoms with E-state index in [0.717, 1.165) is 15.8 Å². The van der Waals surface area contributed by atoms with Crippen molar-refractivity contribution >= 4 is 48.7 Å². The molecule has 3 aromatic rings. The monoisotopic (exact) mass is 416 g/mol. The number of thiophene rings is 1. The molecule has 7 heteroatoms. The first-order valence-corrected chi connectivity index (χ1v) is 11.8. The molecular formula is C21H24N2O3S2. The Morgan fingerprint density at radius 2 is 1.79 bits per heavy atom. The number of fused-ring (bicyclic) bond motifs is 1. The smallest absolute Gasteiger partial charge is 0.265 e. The highest BCUT2D eigenvalue weighted by molar-refractivity contribution is 7.92. The van der Waals surface area contributed by atoms with Gasteiger partial charge in [0.25, 0.3) is 5.91 Å². The Bertz CT molecular complexity index is 1100. The third kappa shape index (κ3) is 4.36. The van der Waals surface area contributed by atoms with E-state index in [1.54, 1.807) is 19.1 Å². The topological polar surface area (TPSA) is 66.5 Å². The zero-order valence-corrected chi connectivity index (χ0v) is 18.0. The molecule has 0 spiro atoms. The van der Waals surface area contributed by atoms with Crippen LogP contribution in [-0.4, -0.2) is 27.1 Å². The maximum Gasteiger partial charge on any atom is 0.265 e. The summed E-state index contributed by atoms with van der Waals surface area (Å²) in [6.07, 6.45) is 1.19. The van der Waals surface area contributed by atoms with Gasteiger partial charge in [-0.2, -0.15) is 0 Å². The number of sulfonamides is 1. The molecule has 0 atom stereocenters. The van der Waals surface area contributed by atoms with E-state index in [-0.39, 0.29) is 5.91 Å². The van der Waals surface area contributed by atoms with Crippen molar-refractivity contribution in [2.75, 3.05) is 22.4 Å². The second kappa shape index (κ2) is 7.93. The number of hydrogen-bond donors (Lipinski definition) is 1. The third-order valence-corrected chi connectivity index (χ3v) is 6.92. The lowest BCUT2D eigenvalue weighted by Gasteiger charge is -2.20. The summed E-state index contributed by atoms with van der Waals surface area (Å²) in [6, 6.07) is 15.1. The first kappa shape index (κ1) is 20.4. The molecule has 1 heterocycles. The quantitative estimate of drug-likeness (QED) is 0.610. The molecule has 0 aliphatic heterocycles. The summed E-state index contributed by atoms with van der Waals surface area (Å²) >= 11 is 1.39. The summed E-state index contributed by atoms with van der Waals surface area (Å²) in [6.45, 7) is 6.40. The SMILES string of the molecule is CCN(c1ccc2sc(C(=O)Nc3ccc(C(C)C)cc3)cc2c1)S(C)(=O)=O. The van der Waals surface area contributed by atoms with Gasteiger partial charge in [-0.25, -0.2) is 8.42 Å². The van der Waals surface area contributed by atoms with Crippen LogP contribution in [0.5, 0.6) is 0 Å². The molecule has 1 amide bonds. The normalized spacial score (nSPS) is 11.8. The lowest BCUT2D eigenvalue weighted by atomic mass is 10.0. The Morgan fingerprint density at radius 3 is 2.36 bits per heavy atom. The molecule has 0 saturated carbocycles. The third-order valence-electron chi connectivity index (χ3n) is 4.53. The Hall–Kier alpha value is -2.38. The average molecular weight is 417 g/mol. The van der Waals surface area contributed by atoms with E-state index >= 15 is 0 Å². The van der Waals surface area contributed by atoms with Crippen LogP contribution in [0.25, 0.3) is 10.1 Å². The molecule has 0 fully saturated rings. The second-order valence-corrected chi connectivity index (χ2v) is 9.98. The van der Waals surface area contributed by atoms with Gasteiger partial charge >= 0.3 is 0 Å². The van der Waals surface area contributed by atoms with E-state index in [1.165, 1.54) is 27.5 Å². The van der Waals surface area contributed by atoms with Crippen LogP contribution in [0.4, 0.5) is 11.4 Å². The average Bonchev–Trinajstić information content (AvgIpc) is 3.05. The molecule has 3 rings (SSSR count). The van der Waals surface area contributed by atoms with Crippen molar-refractivity contribution in [2.45, 2.75) is 26.7 Å². The van der Waals surface area contributed by atoms with Gasteiger partial charge < -0.3 is 5.32 Å². The zero-order valence-electron chi connectivity index (χ0n) is 16.4. The van der Waals surface area contributed by atoms with Crippen LogP contribution in [0.1, 0.15) is 41.9 Å². The molecule has 0 saturated heterocycles. The fourth-order valence-electron chi connectivity index (χ4n) is 3.05. The Morgan fingerprint density at radius 1 is 1.11 bits per heavy atom. The zero-order chi connectivity index (χ0) is 20.5. The molecule has 148 valence electrons. The molecule has 28 heavy (non-hydrogen) atoms. The predicted molar refractivity (Wildman–Crippen MR) is 118 cm³/mol. The summed E-state index contributed by atoms with van der Waals surface area (Å²) in [5.74, 6) is 0.270. The van der Waals surface area contributed by atoms with Crippen molar-refractivity contribution in [1.82, 2.24) is 0 Å². The van der Waals surface area contributed by atoms with Crippen LogP contribution in [0.2, 0.25) is 0 Å². The number of carbonyl (C=O) groups is 1. The van der Waals surface area contributed by atoms with Crippen LogP contribution >= 0.6 is 11.3 Å². The van der Waals surface area contributed by atoms with Gasteiger partial charge in [-0.1, -0.05) is 26.0 Å². The van der Waals surface area contributed by atoms with Crippen LogP contribution in [0.3, 0.4) is 0 Å². The Labute approximate surface area is 170 Å². The van der Waals surface area contributed by atoms with Gasteiger partial charge in [-0.05, 0) is 60.2 Å². The largest absolute Gasteiger partial charge is 0.321 e. The van der Waals surface area contributed by atoms with E-state index in [4.69, 9.17) is 0 Å². The number of hydrogen-bond acceptors (Lipinski definition) is 4. The highest BCUT2D eigenvalue weighted by Crippen LogP contribution is 2.31. The van der Waals surface area contributed by atoms with Gasteiger partial charge in [0.2, 0.25) is 10.0 Å². The fraction of sp³-hybridized carbons (Fsp3) is 0.286. The number of nitrogens with zero attached hydrogens (tertiary/aromatic N) is 1. The highest BCUT2D eigenvalue weighted by atomic mass is 32.2. The van der Waals surface area contributed by atoms with Crippen LogP contribution in [0, 0.1) is 0 Å². The summed E-state index contributed by atoms with van der Waals surface area (Å²) in [7, 11) is -3.34. The molecule has 0 bridgehead atoms. The summed E-state index contributed by atoms with van der Waals surface area (Å²) < 4.78 is 26.2. The molecule has 0 aliphatic carbocycles. The summed E-state index contributed by atoms with van der Waals surface area (Å²) in [4.78, 5) is 13.2. The summed E-state index contributed by atoms with van der Waals surface area (Å²) in [5, 5.41) is 3.78. The Kier molecular flexibility index (Phi) is 5.76. The van der Waals surface area contributed by atoms with E-state index in [2.05, 4.69) is 19.2 Å². The Balaban J connectivity index is 1.84. The van der Waals surface area contributed by atoms with E-state index < -0.39 is 10.0 Å². The van der Waals surface area contributed by atoms with Crippen LogP contribution in [-0.2, 0) is 10.0 Å². The first-order valence-electron chi connectivity index (χ1n) is 9.11. The van der Waals surface area contributed by atoms with Gasteiger partial charge in [0.1, 0.15) is 0 Å². The fourth-order valence-corrected chi connectivity index (χ4v) is 4.95. The second-order valence-electron chi connectivity index (χ2n) is 6.99. The van der Waals surface area contributed by atoms with Gasteiger partial charge in [0, 0.05) is 16.9 Å². The number of nitrogens with one attached hydrogen (secondary N) is 1. The van der Waals surface area contributed by atoms with Crippen molar-refractivity contribution < 1.29 is 13.2 Å². The summed E-state index contributed by atoms with van der Waals surface area (Å²) in [5.41, 5.74) is 2.58. The highest BCUT2D eigenvalue weighted by Gasteiger charge is 2.17. The lowest BCUT2D eigenvalue weighted by molar-refractivity contribution is 0.103. The van der Waals surface area contributed by atoms with Crippen LogP contribution < -0.4 is 9.62 Å². The van der Waals surface area contributed by atoms with E-state index in [0.29, 0.717) is 23.0 Å². The number of anilines is 2. The maximum atomic E-state index is 12.6. The molecular weight excluding hydrogens is 392 g/mol. The van der Waals surface area contributed by atoms with Crippen molar-refractivity contribution in [2.24, 2.45) is 0 Å². The predicted octanol–water partition coefficient (Wildman–Crippen LogP) is 5.06. The van der Waals surface area contributed by atoms with E-state index in [9.17, 15) is 13.2 Å². The van der Waals surface area contributed by atoms with Crippen molar-refractivity contribution in [3.8, 4) is 0 Å². The van der Waals surface area contributed by atoms with Crippen molar-refractivity contribution in [3.63, 3.8) is 0 Å². The van der Waals surface area contributed by atoms with E-state index in [1.807, 2.05) is 36.4 Å². The molecule has 0 radical (unpaired) electrons. The number of carbonyl (C=O) groups excluding carboxylic acids is 1. The van der Waals surface area contributed by atoms with Crippen molar-refractivity contribution in [1.29, 1.82) is 0 Å². The first-order chi connectivity index (χ1) is 13.2. The maximum absolute atomic E-state index is 12.6. The molecule has 1 aromatic heterocycles. The number of rotatable bonds is 6. The van der Waals surface area contributed by atoms with Gasteiger partial charge in [-0.15, -0.1) is 11.3 Å². The minimum absolute atomic E-state index is 0.171. The van der Waals surface area contributed by atoms with Crippen molar-refractivity contribution in [3.05, 3.63) is 59.0 Å². The number of benzene rings is 2. The van der Waals surface area contributed by atoms with Gasteiger partial charge in [-0.3, -0.25) is 9.10 Å². The molecule has 5 nitrogen and oxygen atoms in total. The standard InChI is InChI=1S/C21H24N2O3S2/c1-5-23(28(4,25)26)18-10-11-19-16(12-18)13-20(27-19)21(24)22-17-8-6-15(7-9-17)14(2)3/h6-14H,5H2,1-4H3,(H,22,24). The molecule has 2 aromatic carbocycles. The minimum atomic E-state index is -3.34.